The van der Waals surface area contributed by atoms with E-state index in [4.69, 9.17) is 11.0 Å². The van der Waals surface area contributed by atoms with Gasteiger partial charge in [0.15, 0.2) is 0 Å². The molecule has 0 radical (unpaired) electrons. The van der Waals surface area contributed by atoms with Gasteiger partial charge in [-0.15, -0.1) is 0 Å². The maximum atomic E-state index is 8.79. The zero-order valence-electron chi connectivity index (χ0n) is 11.0. The molecule has 1 aromatic carbocycles. The number of nitriles is 1. The maximum absolute atomic E-state index is 8.79. The number of nitrogens with zero attached hydrogens (tertiary/aromatic N) is 2. The molecule has 0 aromatic heterocycles. The molecule has 0 amide bonds. The number of hydrogen-bond donors (Lipinski definition) is 1. The van der Waals surface area contributed by atoms with Gasteiger partial charge >= 0.3 is 0 Å². The molecular formula is C15H21N3. The molecule has 1 saturated heterocycles. The van der Waals surface area contributed by atoms with E-state index in [1.807, 2.05) is 6.07 Å². The molecule has 2 rings (SSSR count). The number of anilines is 2. The van der Waals surface area contributed by atoms with Crippen LogP contribution in [0.25, 0.3) is 0 Å². The fourth-order valence-corrected chi connectivity index (χ4v) is 2.63. The van der Waals surface area contributed by atoms with E-state index in [1.165, 1.54) is 24.9 Å². The molecule has 0 aliphatic carbocycles. The van der Waals surface area contributed by atoms with Crippen LogP contribution in [0.4, 0.5) is 11.4 Å². The van der Waals surface area contributed by atoms with Crippen molar-refractivity contribution in [2.75, 3.05) is 23.7 Å². The number of rotatable bonds is 3. The highest BCUT2D eigenvalue weighted by Gasteiger charge is 2.18. The zero-order valence-corrected chi connectivity index (χ0v) is 11.0. The highest BCUT2D eigenvalue weighted by Crippen LogP contribution is 2.27. The Hall–Kier alpha value is -1.69. The lowest BCUT2D eigenvalue weighted by Crippen LogP contribution is -2.33. The van der Waals surface area contributed by atoms with Crippen molar-refractivity contribution in [1.29, 1.82) is 5.26 Å². The second-order valence-corrected chi connectivity index (χ2v) is 5.06. The Balaban J connectivity index is 2.10. The quantitative estimate of drug-likeness (QED) is 0.830. The number of nitrogen functional groups attached to an aromatic ring is 1. The van der Waals surface area contributed by atoms with E-state index < -0.39 is 0 Å². The summed E-state index contributed by atoms with van der Waals surface area (Å²) in [5, 5.41) is 8.79. The van der Waals surface area contributed by atoms with Gasteiger partial charge in [-0.1, -0.05) is 13.3 Å². The van der Waals surface area contributed by atoms with E-state index in [2.05, 4.69) is 30.0 Å². The lowest BCUT2D eigenvalue weighted by Gasteiger charge is -2.33. The summed E-state index contributed by atoms with van der Waals surface area (Å²) in [5.41, 5.74) is 8.77. The highest BCUT2D eigenvalue weighted by atomic mass is 15.1. The Bertz CT molecular complexity index is 440. The van der Waals surface area contributed by atoms with Crippen LogP contribution < -0.4 is 10.6 Å². The molecule has 3 nitrogen and oxygen atoms in total. The molecule has 3 heteroatoms. The van der Waals surface area contributed by atoms with E-state index in [0.717, 1.165) is 30.3 Å². The van der Waals surface area contributed by atoms with E-state index in [9.17, 15) is 0 Å². The van der Waals surface area contributed by atoms with Crippen molar-refractivity contribution < 1.29 is 0 Å². The summed E-state index contributed by atoms with van der Waals surface area (Å²) >= 11 is 0. The van der Waals surface area contributed by atoms with Crippen LogP contribution in [0.5, 0.6) is 0 Å². The Labute approximate surface area is 109 Å². The van der Waals surface area contributed by atoms with Gasteiger partial charge < -0.3 is 10.6 Å². The fraction of sp³-hybridized carbons (Fsp3) is 0.533. The first kappa shape index (κ1) is 12.8. The average molecular weight is 243 g/mol. The van der Waals surface area contributed by atoms with Gasteiger partial charge in [-0.2, -0.15) is 5.26 Å². The first-order valence-electron chi connectivity index (χ1n) is 6.75. The predicted octanol–water partition coefficient (Wildman–Crippen LogP) is 2.96. The minimum Gasteiger partial charge on any atom is -0.398 e. The molecule has 96 valence electrons. The minimum atomic E-state index is 0.394. The summed E-state index contributed by atoms with van der Waals surface area (Å²) in [7, 11) is 0. The molecule has 0 saturated carbocycles. The van der Waals surface area contributed by atoms with Gasteiger partial charge in [-0.25, -0.2) is 0 Å². The summed E-state index contributed by atoms with van der Waals surface area (Å²) in [4.78, 5) is 2.41. The van der Waals surface area contributed by atoms with E-state index >= 15 is 0 Å². The number of piperidine rings is 1. The van der Waals surface area contributed by atoms with E-state index in [1.54, 1.807) is 0 Å². The second kappa shape index (κ2) is 5.77. The SMILES string of the molecule is CCC1CCN(c2ccc(N)c(CC#N)c2)CC1. The standard InChI is InChI=1S/C15H21N3/c1-2-12-6-9-18(10-7-12)14-3-4-15(17)13(11-14)5-8-16/h3-4,11-12H,2,5-7,9-10,17H2,1H3. The van der Waals surface area contributed by atoms with Crippen LogP contribution in [0.3, 0.4) is 0 Å². The largest absolute Gasteiger partial charge is 0.398 e. The molecule has 1 heterocycles. The molecule has 1 aliphatic heterocycles. The fourth-order valence-electron chi connectivity index (χ4n) is 2.63. The highest BCUT2D eigenvalue weighted by molar-refractivity contribution is 5.59. The molecule has 1 aromatic rings. The Morgan fingerprint density at radius 2 is 2.11 bits per heavy atom. The van der Waals surface area contributed by atoms with Gasteiger partial charge in [0.05, 0.1) is 12.5 Å². The summed E-state index contributed by atoms with van der Waals surface area (Å²) in [6.07, 6.45) is 4.23. The van der Waals surface area contributed by atoms with Crippen LogP contribution in [0.1, 0.15) is 31.7 Å². The van der Waals surface area contributed by atoms with Crippen molar-refractivity contribution in [2.45, 2.75) is 32.6 Å². The third kappa shape index (κ3) is 2.76. The maximum Gasteiger partial charge on any atom is 0.0670 e. The van der Waals surface area contributed by atoms with Crippen LogP contribution >= 0.6 is 0 Å². The monoisotopic (exact) mass is 243 g/mol. The molecule has 2 N–H and O–H groups in total. The van der Waals surface area contributed by atoms with Crippen molar-refractivity contribution >= 4 is 11.4 Å². The van der Waals surface area contributed by atoms with Crippen molar-refractivity contribution in [3.05, 3.63) is 23.8 Å². The molecule has 0 bridgehead atoms. The number of benzene rings is 1. The number of nitrogens with two attached hydrogens (primary N) is 1. The van der Waals surface area contributed by atoms with Crippen LogP contribution in [0.15, 0.2) is 18.2 Å². The lowest BCUT2D eigenvalue weighted by atomic mass is 9.94. The van der Waals surface area contributed by atoms with E-state index in [-0.39, 0.29) is 0 Å². The van der Waals surface area contributed by atoms with Crippen LogP contribution in [-0.2, 0) is 6.42 Å². The van der Waals surface area contributed by atoms with Crippen molar-refractivity contribution in [1.82, 2.24) is 0 Å². The lowest BCUT2D eigenvalue weighted by molar-refractivity contribution is 0.395. The minimum absolute atomic E-state index is 0.394. The second-order valence-electron chi connectivity index (χ2n) is 5.06. The molecular weight excluding hydrogens is 222 g/mol. The third-order valence-electron chi connectivity index (χ3n) is 3.95. The summed E-state index contributed by atoms with van der Waals surface area (Å²) < 4.78 is 0. The van der Waals surface area contributed by atoms with E-state index in [0.29, 0.717) is 6.42 Å². The van der Waals surface area contributed by atoms with Gasteiger partial charge in [0.1, 0.15) is 0 Å². The summed E-state index contributed by atoms with van der Waals surface area (Å²) in [6, 6.07) is 8.24. The molecule has 1 fully saturated rings. The molecule has 0 atom stereocenters. The normalized spacial score (nSPS) is 16.6. The summed E-state index contributed by atoms with van der Waals surface area (Å²) in [5.74, 6) is 0.883. The molecule has 0 unspecified atom stereocenters. The first-order chi connectivity index (χ1) is 8.74. The molecule has 1 aliphatic rings. The molecule has 0 spiro atoms. The zero-order chi connectivity index (χ0) is 13.0. The van der Waals surface area contributed by atoms with Gasteiger partial charge in [0, 0.05) is 24.5 Å². The topological polar surface area (TPSA) is 53.0 Å². The third-order valence-corrected chi connectivity index (χ3v) is 3.95. The Morgan fingerprint density at radius 3 is 2.72 bits per heavy atom. The van der Waals surface area contributed by atoms with Gasteiger partial charge in [-0.05, 0) is 42.5 Å². The first-order valence-corrected chi connectivity index (χ1v) is 6.75. The van der Waals surface area contributed by atoms with Crippen LogP contribution in [0, 0.1) is 17.2 Å². The Kier molecular flexibility index (Phi) is 4.09. The average Bonchev–Trinajstić information content (AvgIpc) is 2.42. The smallest absolute Gasteiger partial charge is 0.0670 e. The van der Waals surface area contributed by atoms with Crippen molar-refractivity contribution in [2.24, 2.45) is 5.92 Å². The Morgan fingerprint density at radius 1 is 1.39 bits per heavy atom. The summed E-state index contributed by atoms with van der Waals surface area (Å²) in [6.45, 7) is 4.51. The predicted molar refractivity (Wildman–Crippen MR) is 75.4 cm³/mol. The van der Waals surface area contributed by atoms with Gasteiger partial charge in [0.2, 0.25) is 0 Å². The van der Waals surface area contributed by atoms with Crippen molar-refractivity contribution in [3.8, 4) is 6.07 Å². The molecule has 18 heavy (non-hydrogen) atoms. The van der Waals surface area contributed by atoms with Crippen molar-refractivity contribution in [3.63, 3.8) is 0 Å². The number of hydrogen-bond acceptors (Lipinski definition) is 3. The van der Waals surface area contributed by atoms with Gasteiger partial charge in [0.25, 0.3) is 0 Å². The van der Waals surface area contributed by atoms with Crippen LogP contribution in [0.2, 0.25) is 0 Å². The van der Waals surface area contributed by atoms with Gasteiger partial charge in [-0.3, -0.25) is 0 Å². The van der Waals surface area contributed by atoms with Crippen LogP contribution in [-0.4, -0.2) is 13.1 Å².